The molecule has 6 nitrogen and oxygen atoms in total. The van der Waals surface area contributed by atoms with E-state index in [1.165, 1.54) is 4.31 Å². The molecule has 0 spiro atoms. The number of nitrogens with zero attached hydrogens (tertiary/aromatic N) is 2. The molecule has 1 atom stereocenters. The molecule has 1 heterocycles. The molecule has 1 aliphatic heterocycles. The Hall–Kier alpha value is -0.210. The van der Waals surface area contributed by atoms with Crippen LogP contribution in [0.2, 0.25) is 0 Å². The van der Waals surface area contributed by atoms with Crippen molar-refractivity contribution in [1.29, 1.82) is 0 Å². The van der Waals surface area contributed by atoms with E-state index >= 15 is 0 Å². The van der Waals surface area contributed by atoms with Crippen molar-refractivity contribution in [3.8, 4) is 0 Å². The molecule has 1 saturated heterocycles. The Bertz CT molecular complexity index is 299. The third-order valence-corrected chi connectivity index (χ3v) is 4.06. The molecule has 0 radical (unpaired) electrons. The van der Waals surface area contributed by atoms with Gasteiger partial charge in [0, 0.05) is 26.2 Å². The minimum atomic E-state index is -3.39. The van der Waals surface area contributed by atoms with Gasteiger partial charge in [0.1, 0.15) is 0 Å². The maximum absolute atomic E-state index is 11.7. The van der Waals surface area contributed by atoms with Crippen LogP contribution >= 0.6 is 0 Å². The van der Waals surface area contributed by atoms with Crippen molar-refractivity contribution in [2.24, 2.45) is 0 Å². The molecule has 0 aromatic carbocycles. The van der Waals surface area contributed by atoms with Gasteiger partial charge in [-0.2, -0.15) is 17.4 Å². The van der Waals surface area contributed by atoms with Gasteiger partial charge in [-0.1, -0.05) is 0 Å². The van der Waals surface area contributed by atoms with Crippen molar-refractivity contribution >= 4 is 10.2 Å². The lowest BCUT2D eigenvalue weighted by atomic mass is 10.3. The lowest BCUT2D eigenvalue weighted by Gasteiger charge is -2.19. The van der Waals surface area contributed by atoms with Crippen LogP contribution in [0.3, 0.4) is 0 Å². The molecule has 16 heavy (non-hydrogen) atoms. The first kappa shape index (κ1) is 13.9. The predicted molar refractivity (Wildman–Crippen MR) is 62.3 cm³/mol. The van der Waals surface area contributed by atoms with Gasteiger partial charge in [-0.15, -0.1) is 0 Å². The summed E-state index contributed by atoms with van der Waals surface area (Å²) in [7, 11) is 0.277. The molecule has 1 unspecified atom stereocenters. The largest absolute Gasteiger partial charge is 0.390 e. The van der Waals surface area contributed by atoms with Crippen molar-refractivity contribution in [2.45, 2.75) is 18.9 Å². The fourth-order valence-corrected chi connectivity index (χ4v) is 3.03. The zero-order chi connectivity index (χ0) is 12.2. The van der Waals surface area contributed by atoms with Crippen LogP contribution < -0.4 is 4.72 Å². The SMILES string of the molecule is CN(C)CC(O)CNS(=O)(=O)N1CCCC1. The molecule has 2 N–H and O–H groups in total. The highest BCUT2D eigenvalue weighted by Crippen LogP contribution is 2.10. The third-order valence-electron chi connectivity index (χ3n) is 2.48. The van der Waals surface area contributed by atoms with Crippen LogP contribution in [0.4, 0.5) is 0 Å². The van der Waals surface area contributed by atoms with Crippen molar-refractivity contribution in [3.63, 3.8) is 0 Å². The van der Waals surface area contributed by atoms with Crippen LogP contribution in [0.25, 0.3) is 0 Å². The number of aliphatic hydroxyl groups is 1. The molecule has 0 aromatic rings. The lowest BCUT2D eigenvalue weighted by Crippen LogP contribution is -2.44. The van der Waals surface area contributed by atoms with Crippen molar-refractivity contribution < 1.29 is 13.5 Å². The third kappa shape index (κ3) is 4.34. The second-order valence-electron chi connectivity index (χ2n) is 4.38. The Morgan fingerprint density at radius 1 is 1.38 bits per heavy atom. The van der Waals surface area contributed by atoms with E-state index in [1.807, 2.05) is 19.0 Å². The van der Waals surface area contributed by atoms with E-state index in [4.69, 9.17) is 0 Å². The van der Waals surface area contributed by atoms with E-state index < -0.39 is 16.3 Å². The normalized spacial score (nSPS) is 20.5. The Morgan fingerprint density at radius 3 is 2.44 bits per heavy atom. The number of rotatable bonds is 6. The first-order valence-electron chi connectivity index (χ1n) is 5.49. The minimum absolute atomic E-state index is 0.0665. The first-order chi connectivity index (χ1) is 7.42. The van der Waals surface area contributed by atoms with Crippen LogP contribution in [0, 0.1) is 0 Å². The molecule has 7 heteroatoms. The number of aliphatic hydroxyl groups excluding tert-OH is 1. The molecule has 0 aromatic heterocycles. The number of nitrogens with one attached hydrogen (secondary N) is 1. The molecule has 1 fully saturated rings. The molecule has 0 amide bonds. The summed E-state index contributed by atoms with van der Waals surface area (Å²) in [5.41, 5.74) is 0. The molecule has 0 aliphatic carbocycles. The van der Waals surface area contributed by atoms with Crippen LogP contribution in [-0.2, 0) is 10.2 Å². The van der Waals surface area contributed by atoms with Gasteiger partial charge in [0.2, 0.25) is 0 Å². The topological polar surface area (TPSA) is 72.9 Å². The standard InChI is InChI=1S/C9H21N3O3S/c1-11(2)8-9(13)7-10-16(14,15)12-5-3-4-6-12/h9-10,13H,3-8H2,1-2H3. The molecule has 96 valence electrons. The Labute approximate surface area is 97.4 Å². The van der Waals surface area contributed by atoms with Gasteiger partial charge in [0.05, 0.1) is 6.10 Å². The van der Waals surface area contributed by atoms with Crippen LogP contribution in [0.5, 0.6) is 0 Å². The monoisotopic (exact) mass is 251 g/mol. The predicted octanol–water partition coefficient (Wildman–Crippen LogP) is -1.16. The number of likely N-dealkylation sites (N-methyl/N-ethyl adjacent to an activating group) is 1. The average Bonchev–Trinajstić information content (AvgIpc) is 2.67. The molecular formula is C9H21N3O3S. The maximum atomic E-state index is 11.7. The van der Waals surface area contributed by atoms with E-state index in [0.29, 0.717) is 19.6 Å². The highest BCUT2D eigenvalue weighted by molar-refractivity contribution is 7.87. The summed E-state index contributed by atoms with van der Waals surface area (Å²) in [5, 5.41) is 9.54. The van der Waals surface area contributed by atoms with Crippen LogP contribution in [-0.4, -0.2) is 69.1 Å². The van der Waals surface area contributed by atoms with Crippen LogP contribution in [0.1, 0.15) is 12.8 Å². The van der Waals surface area contributed by atoms with Crippen LogP contribution in [0.15, 0.2) is 0 Å². The van der Waals surface area contributed by atoms with Crippen molar-refractivity contribution in [2.75, 3.05) is 40.3 Å². The second kappa shape index (κ2) is 5.92. The average molecular weight is 251 g/mol. The van der Waals surface area contributed by atoms with E-state index in [-0.39, 0.29) is 6.54 Å². The summed E-state index contributed by atoms with van der Waals surface area (Å²) in [4.78, 5) is 1.81. The first-order valence-corrected chi connectivity index (χ1v) is 6.93. The summed E-state index contributed by atoms with van der Waals surface area (Å²) < 4.78 is 27.3. The fourth-order valence-electron chi connectivity index (χ4n) is 1.71. The molecule has 1 rings (SSSR count). The maximum Gasteiger partial charge on any atom is 0.279 e. The van der Waals surface area contributed by atoms with Gasteiger partial charge in [0.25, 0.3) is 10.2 Å². The van der Waals surface area contributed by atoms with E-state index in [9.17, 15) is 13.5 Å². The van der Waals surface area contributed by atoms with Crippen molar-refractivity contribution in [3.05, 3.63) is 0 Å². The smallest absolute Gasteiger partial charge is 0.279 e. The quantitative estimate of drug-likeness (QED) is 0.624. The summed E-state index contributed by atoms with van der Waals surface area (Å²) >= 11 is 0. The summed E-state index contributed by atoms with van der Waals surface area (Å²) in [5.74, 6) is 0. The Morgan fingerprint density at radius 2 is 1.94 bits per heavy atom. The zero-order valence-electron chi connectivity index (χ0n) is 9.89. The van der Waals surface area contributed by atoms with Gasteiger partial charge in [-0.25, -0.2) is 0 Å². The summed E-state index contributed by atoms with van der Waals surface area (Å²) in [6, 6.07) is 0. The highest BCUT2D eigenvalue weighted by Gasteiger charge is 2.25. The van der Waals surface area contributed by atoms with E-state index in [0.717, 1.165) is 12.8 Å². The summed E-state index contributed by atoms with van der Waals surface area (Å²) in [6.45, 7) is 1.68. The second-order valence-corrected chi connectivity index (χ2v) is 6.13. The van der Waals surface area contributed by atoms with Gasteiger partial charge in [-0.05, 0) is 26.9 Å². The van der Waals surface area contributed by atoms with Gasteiger partial charge >= 0.3 is 0 Å². The minimum Gasteiger partial charge on any atom is -0.390 e. The fraction of sp³-hybridized carbons (Fsp3) is 1.00. The Balaban J connectivity index is 2.35. The molecule has 1 aliphatic rings. The number of hydrogen-bond acceptors (Lipinski definition) is 4. The highest BCUT2D eigenvalue weighted by atomic mass is 32.2. The zero-order valence-corrected chi connectivity index (χ0v) is 10.7. The van der Waals surface area contributed by atoms with Gasteiger partial charge < -0.3 is 10.0 Å². The van der Waals surface area contributed by atoms with E-state index in [2.05, 4.69) is 4.72 Å². The molecular weight excluding hydrogens is 230 g/mol. The Kier molecular flexibility index (Phi) is 5.13. The van der Waals surface area contributed by atoms with E-state index in [1.54, 1.807) is 0 Å². The number of hydrogen-bond donors (Lipinski definition) is 2. The molecule has 0 saturated carbocycles. The van der Waals surface area contributed by atoms with Crippen molar-refractivity contribution in [1.82, 2.24) is 13.9 Å². The lowest BCUT2D eigenvalue weighted by molar-refractivity contribution is 0.140. The van der Waals surface area contributed by atoms with Gasteiger partial charge in [0.15, 0.2) is 0 Å². The molecule has 0 bridgehead atoms. The van der Waals surface area contributed by atoms with Gasteiger partial charge in [-0.3, -0.25) is 0 Å². The summed E-state index contributed by atoms with van der Waals surface area (Å²) in [6.07, 6.45) is 1.16.